The minimum atomic E-state index is -3.51. The number of nitrogens with one attached hydrogen (secondary N) is 1. The molecule has 0 unspecified atom stereocenters. The lowest BCUT2D eigenvalue weighted by molar-refractivity contribution is -0.118. The highest BCUT2D eigenvalue weighted by atomic mass is 32.2. The lowest BCUT2D eigenvalue weighted by atomic mass is 10.1. The Morgan fingerprint density at radius 2 is 1.76 bits per heavy atom. The number of nitrogens with zero attached hydrogens (tertiary/aromatic N) is 1. The van der Waals surface area contributed by atoms with E-state index in [2.05, 4.69) is 5.32 Å². The van der Waals surface area contributed by atoms with Crippen LogP contribution in [0.1, 0.15) is 16.7 Å². The van der Waals surface area contributed by atoms with E-state index >= 15 is 0 Å². The monoisotopic (exact) mass is 354 g/mol. The lowest BCUT2D eigenvalue weighted by Gasteiger charge is -2.05. The Kier molecular flexibility index (Phi) is 6.49. The van der Waals surface area contributed by atoms with Gasteiger partial charge in [-0.2, -0.15) is 5.26 Å². The summed E-state index contributed by atoms with van der Waals surface area (Å²) in [4.78, 5) is 11.8. The average Bonchev–Trinajstić information content (AvgIpc) is 2.61. The molecule has 2 aromatic carbocycles. The van der Waals surface area contributed by atoms with Crippen LogP contribution in [0.15, 0.2) is 60.7 Å². The van der Waals surface area contributed by atoms with Crippen LogP contribution in [-0.2, 0) is 21.2 Å². The van der Waals surface area contributed by atoms with E-state index in [0.717, 1.165) is 11.1 Å². The van der Waals surface area contributed by atoms with Crippen molar-refractivity contribution in [2.45, 2.75) is 6.54 Å². The van der Waals surface area contributed by atoms with Crippen LogP contribution < -0.4 is 5.32 Å². The highest BCUT2D eigenvalue weighted by molar-refractivity contribution is 7.92. The van der Waals surface area contributed by atoms with Crippen molar-refractivity contribution in [3.8, 4) is 6.07 Å². The molecular weight excluding hydrogens is 336 g/mol. The van der Waals surface area contributed by atoms with Gasteiger partial charge in [0.1, 0.15) is 5.75 Å². The smallest absolute Gasteiger partial charge is 0.235 e. The summed E-state index contributed by atoms with van der Waals surface area (Å²) in [6.07, 6.45) is 3.25. The molecule has 5 nitrogen and oxygen atoms in total. The minimum Gasteiger partial charge on any atom is -0.351 e. The predicted molar refractivity (Wildman–Crippen MR) is 97.1 cm³/mol. The third-order valence-electron chi connectivity index (χ3n) is 3.38. The molecule has 2 aromatic rings. The van der Waals surface area contributed by atoms with Crippen molar-refractivity contribution in [1.82, 2.24) is 5.32 Å². The molecule has 0 aliphatic carbocycles. The lowest BCUT2D eigenvalue weighted by Crippen LogP contribution is -2.30. The van der Waals surface area contributed by atoms with Gasteiger partial charge < -0.3 is 5.32 Å². The van der Waals surface area contributed by atoms with Crippen LogP contribution in [0.2, 0.25) is 0 Å². The van der Waals surface area contributed by atoms with E-state index in [-0.39, 0.29) is 12.3 Å². The molecule has 0 aliphatic rings. The van der Waals surface area contributed by atoms with Crippen molar-refractivity contribution in [2.24, 2.45) is 0 Å². The Labute approximate surface area is 147 Å². The molecular formula is C19H18N2O3S. The molecule has 0 fully saturated rings. The molecule has 0 saturated heterocycles. The van der Waals surface area contributed by atoms with Crippen LogP contribution in [0, 0.1) is 11.3 Å². The summed E-state index contributed by atoms with van der Waals surface area (Å²) >= 11 is 0. The summed E-state index contributed by atoms with van der Waals surface area (Å²) in [7, 11) is -3.51. The molecule has 6 heteroatoms. The van der Waals surface area contributed by atoms with Gasteiger partial charge in [-0.3, -0.25) is 4.79 Å². The summed E-state index contributed by atoms with van der Waals surface area (Å²) in [5.41, 5.74) is 2.24. The van der Waals surface area contributed by atoms with Gasteiger partial charge in [-0.15, -0.1) is 0 Å². The van der Waals surface area contributed by atoms with Gasteiger partial charge in [-0.25, -0.2) is 8.42 Å². The first-order valence-corrected chi connectivity index (χ1v) is 9.48. The topological polar surface area (TPSA) is 87.0 Å². The van der Waals surface area contributed by atoms with Crippen LogP contribution in [0.5, 0.6) is 0 Å². The Morgan fingerprint density at radius 3 is 2.40 bits per heavy atom. The number of carbonyl (C=O) groups is 1. The minimum absolute atomic E-state index is 0.188. The summed E-state index contributed by atoms with van der Waals surface area (Å²) in [6.45, 7) is 0.222. The van der Waals surface area contributed by atoms with Crippen molar-refractivity contribution in [3.63, 3.8) is 0 Å². The highest BCUT2D eigenvalue weighted by Gasteiger charge is 2.14. The summed E-state index contributed by atoms with van der Waals surface area (Å²) in [5.74, 6) is -1.29. The number of amides is 1. The molecule has 1 N–H and O–H groups in total. The zero-order valence-electron chi connectivity index (χ0n) is 13.6. The predicted octanol–water partition coefficient (Wildman–Crippen LogP) is 2.30. The van der Waals surface area contributed by atoms with E-state index in [1.54, 1.807) is 36.4 Å². The Balaban J connectivity index is 1.81. The summed E-state index contributed by atoms with van der Waals surface area (Å²) in [6, 6.07) is 18.1. The molecule has 0 heterocycles. The first kappa shape index (κ1) is 18.4. The van der Waals surface area contributed by atoms with Gasteiger partial charge in [0.2, 0.25) is 5.91 Å². The molecule has 0 saturated carbocycles. The average molecular weight is 354 g/mol. The van der Waals surface area contributed by atoms with Crippen LogP contribution in [0.4, 0.5) is 0 Å². The first-order chi connectivity index (χ1) is 12.0. The van der Waals surface area contributed by atoms with Crippen LogP contribution in [0.25, 0.3) is 6.08 Å². The summed E-state index contributed by atoms with van der Waals surface area (Å²) < 4.78 is 24.0. The van der Waals surface area contributed by atoms with Crippen molar-refractivity contribution in [2.75, 3.05) is 11.5 Å². The van der Waals surface area contributed by atoms with Crippen LogP contribution in [0.3, 0.4) is 0 Å². The molecule has 0 atom stereocenters. The third-order valence-corrected chi connectivity index (χ3v) is 4.79. The maximum atomic E-state index is 12.0. The second-order valence-electron chi connectivity index (χ2n) is 5.45. The van der Waals surface area contributed by atoms with Gasteiger partial charge in [0.05, 0.1) is 17.4 Å². The van der Waals surface area contributed by atoms with Gasteiger partial charge >= 0.3 is 0 Å². The van der Waals surface area contributed by atoms with Crippen LogP contribution in [-0.4, -0.2) is 25.8 Å². The second-order valence-corrected chi connectivity index (χ2v) is 7.56. The number of carbonyl (C=O) groups excluding carboxylic acids is 1. The molecule has 0 radical (unpaired) electrons. The summed E-state index contributed by atoms with van der Waals surface area (Å²) in [5, 5.41) is 11.3. The fourth-order valence-electron chi connectivity index (χ4n) is 2.10. The van der Waals surface area contributed by atoms with Crippen molar-refractivity contribution in [3.05, 3.63) is 77.4 Å². The largest absolute Gasteiger partial charge is 0.351 e. The normalized spacial score (nSPS) is 11.2. The van der Waals surface area contributed by atoms with E-state index in [0.29, 0.717) is 5.56 Å². The van der Waals surface area contributed by atoms with Crippen molar-refractivity contribution < 1.29 is 13.2 Å². The molecule has 0 bridgehead atoms. The standard InChI is InChI=1S/C19H18N2O3S/c20-13-17-8-10-18(11-9-17)14-21-19(22)15-25(23,24)12-4-7-16-5-2-1-3-6-16/h1-11H,12,14-15H2,(H,21,22)/b7-4+. The number of hydrogen-bond donors (Lipinski definition) is 1. The zero-order valence-corrected chi connectivity index (χ0v) is 14.4. The molecule has 0 aromatic heterocycles. The number of rotatable bonds is 7. The van der Waals surface area contributed by atoms with Gasteiger partial charge in [-0.1, -0.05) is 54.6 Å². The van der Waals surface area contributed by atoms with Crippen molar-refractivity contribution >= 4 is 21.8 Å². The van der Waals surface area contributed by atoms with E-state index < -0.39 is 21.5 Å². The number of sulfone groups is 1. The molecule has 128 valence electrons. The van der Waals surface area contributed by atoms with Crippen LogP contribution >= 0.6 is 0 Å². The molecule has 2 rings (SSSR count). The first-order valence-electron chi connectivity index (χ1n) is 7.66. The van der Waals surface area contributed by atoms with E-state index in [9.17, 15) is 13.2 Å². The van der Waals surface area contributed by atoms with Gasteiger partial charge in [0, 0.05) is 6.54 Å². The molecule has 0 aliphatic heterocycles. The second kappa shape index (κ2) is 8.81. The Hall–Kier alpha value is -2.91. The maximum Gasteiger partial charge on any atom is 0.235 e. The zero-order chi connectivity index (χ0) is 18.1. The van der Waals surface area contributed by atoms with Gasteiger partial charge in [0.25, 0.3) is 0 Å². The van der Waals surface area contributed by atoms with E-state index in [1.165, 1.54) is 0 Å². The molecule has 25 heavy (non-hydrogen) atoms. The maximum absolute atomic E-state index is 12.0. The fraction of sp³-hybridized carbons (Fsp3) is 0.158. The Morgan fingerprint density at radius 1 is 1.08 bits per heavy atom. The number of nitriles is 1. The number of benzene rings is 2. The molecule has 0 spiro atoms. The number of hydrogen-bond acceptors (Lipinski definition) is 4. The molecule has 1 amide bonds. The third kappa shape index (κ3) is 6.61. The Bertz CT molecular complexity index is 881. The van der Waals surface area contributed by atoms with Crippen molar-refractivity contribution in [1.29, 1.82) is 5.26 Å². The van der Waals surface area contributed by atoms with Gasteiger partial charge in [0.15, 0.2) is 9.84 Å². The quantitative estimate of drug-likeness (QED) is 0.826. The van der Waals surface area contributed by atoms with E-state index in [4.69, 9.17) is 5.26 Å². The SMILES string of the molecule is N#Cc1ccc(CNC(=O)CS(=O)(=O)C/C=C/c2ccccc2)cc1. The van der Waals surface area contributed by atoms with Gasteiger partial charge in [-0.05, 0) is 23.3 Å². The fourth-order valence-corrected chi connectivity index (χ4v) is 3.11. The highest BCUT2D eigenvalue weighted by Crippen LogP contribution is 2.04. The van der Waals surface area contributed by atoms with E-state index in [1.807, 2.05) is 36.4 Å².